The van der Waals surface area contributed by atoms with Gasteiger partial charge in [-0.1, -0.05) is 23.7 Å². The molecule has 0 saturated carbocycles. The molecule has 0 spiro atoms. The van der Waals surface area contributed by atoms with E-state index in [0.29, 0.717) is 24.0 Å². The molecule has 1 N–H and O–H groups in total. The molecule has 30 heavy (non-hydrogen) atoms. The molecule has 0 heterocycles. The van der Waals surface area contributed by atoms with E-state index in [1.54, 1.807) is 18.2 Å². The van der Waals surface area contributed by atoms with Crippen molar-refractivity contribution in [2.75, 3.05) is 14.2 Å². The van der Waals surface area contributed by atoms with Crippen molar-refractivity contribution >= 4 is 35.0 Å². The van der Waals surface area contributed by atoms with E-state index in [-0.39, 0.29) is 39.0 Å². The van der Waals surface area contributed by atoms with Crippen molar-refractivity contribution in [2.24, 2.45) is 0 Å². The molecule has 3 rings (SSSR count). The third kappa shape index (κ3) is 3.96. The molecule has 0 aromatic heterocycles. The van der Waals surface area contributed by atoms with Crippen molar-refractivity contribution in [3.63, 3.8) is 0 Å². The number of phenolic OH excluding ortho intramolecular Hbond substituents is 1. The zero-order valence-electron chi connectivity index (χ0n) is 16.7. The molecule has 0 amide bonds. The summed E-state index contributed by atoms with van der Waals surface area (Å²) in [6.07, 6.45) is 2.16. The van der Waals surface area contributed by atoms with Crippen LogP contribution in [-0.4, -0.2) is 37.2 Å². The maximum absolute atomic E-state index is 13.0. The fourth-order valence-electron chi connectivity index (χ4n) is 3.70. The number of hydrogen-bond donors (Lipinski definition) is 1. The quantitative estimate of drug-likeness (QED) is 0.374. The van der Waals surface area contributed by atoms with Gasteiger partial charge in [-0.15, -0.1) is 0 Å². The molecule has 0 atom stereocenters. The van der Waals surface area contributed by atoms with Crippen LogP contribution in [0.2, 0.25) is 5.02 Å². The molecule has 0 radical (unpaired) electrons. The smallest absolute Gasteiger partial charge is 0.178 e. The van der Waals surface area contributed by atoms with E-state index in [1.807, 2.05) is 0 Å². The average Bonchev–Trinajstić information content (AvgIpc) is 3.21. The Hall–Kier alpha value is -3.12. The van der Waals surface area contributed by atoms with E-state index in [9.17, 15) is 19.5 Å². The van der Waals surface area contributed by atoms with E-state index in [0.717, 1.165) is 12.7 Å². The summed E-state index contributed by atoms with van der Waals surface area (Å²) in [5.41, 5.74) is 1.57. The SMILES string of the molecule is COc1cc(OC)c(C2=C(C=O)CCC2)c(O)c1C(=O)CC(=O)c1ccccc1Cl. The number of aldehydes is 1. The molecule has 1 aliphatic rings. The highest BCUT2D eigenvalue weighted by atomic mass is 35.5. The Morgan fingerprint density at radius 3 is 2.43 bits per heavy atom. The number of hydrogen-bond acceptors (Lipinski definition) is 6. The lowest BCUT2D eigenvalue weighted by Gasteiger charge is -2.18. The van der Waals surface area contributed by atoms with Gasteiger partial charge in [0.1, 0.15) is 29.1 Å². The van der Waals surface area contributed by atoms with Gasteiger partial charge in [0.15, 0.2) is 11.6 Å². The Bertz CT molecular complexity index is 1050. The van der Waals surface area contributed by atoms with Crippen LogP contribution in [0.15, 0.2) is 35.9 Å². The van der Waals surface area contributed by atoms with Crippen LogP contribution < -0.4 is 9.47 Å². The predicted octanol–water partition coefficient (Wildman–Crippen LogP) is 4.65. The molecule has 2 aromatic carbocycles. The van der Waals surface area contributed by atoms with E-state index in [1.165, 1.54) is 26.4 Å². The lowest BCUT2D eigenvalue weighted by atomic mass is 9.93. The summed E-state index contributed by atoms with van der Waals surface area (Å²) in [4.78, 5) is 37.1. The molecule has 7 heteroatoms. The number of aromatic hydroxyl groups is 1. The molecule has 1 aliphatic carbocycles. The van der Waals surface area contributed by atoms with Crippen LogP contribution in [0.5, 0.6) is 17.2 Å². The monoisotopic (exact) mass is 428 g/mol. The van der Waals surface area contributed by atoms with Gasteiger partial charge in [-0.25, -0.2) is 0 Å². The highest BCUT2D eigenvalue weighted by Crippen LogP contribution is 2.47. The number of methoxy groups -OCH3 is 2. The minimum Gasteiger partial charge on any atom is -0.506 e. The normalized spacial score (nSPS) is 13.3. The Morgan fingerprint density at radius 1 is 1.10 bits per heavy atom. The van der Waals surface area contributed by atoms with Crippen LogP contribution in [-0.2, 0) is 4.79 Å². The van der Waals surface area contributed by atoms with Crippen LogP contribution in [0.4, 0.5) is 0 Å². The molecular formula is C23H21ClO6. The van der Waals surface area contributed by atoms with Gasteiger partial charge in [-0.3, -0.25) is 14.4 Å². The highest BCUT2D eigenvalue weighted by Gasteiger charge is 2.30. The second-order valence-corrected chi connectivity index (χ2v) is 7.27. The summed E-state index contributed by atoms with van der Waals surface area (Å²) < 4.78 is 10.7. The number of phenols is 1. The molecular weight excluding hydrogens is 408 g/mol. The lowest BCUT2D eigenvalue weighted by Crippen LogP contribution is -2.12. The fourth-order valence-corrected chi connectivity index (χ4v) is 3.95. The summed E-state index contributed by atoms with van der Waals surface area (Å²) in [5.74, 6) is -1.09. The van der Waals surface area contributed by atoms with Crippen LogP contribution in [0.3, 0.4) is 0 Å². The van der Waals surface area contributed by atoms with Gasteiger partial charge in [0.05, 0.1) is 31.2 Å². The Balaban J connectivity index is 2.09. The summed E-state index contributed by atoms with van der Waals surface area (Å²) in [6, 6.07) is 7.92. The van der Waals surface area contributed by atoms with Gasteiger partial charge < -0.3 is 14.6 Å². The Labute approximate surface area is 179 Å². The number of benzene rings is 2. The first-order valence-electron chi connectivity index (χ1n) is 9.39. The van der Waals surface area contributed by atoms with Crippen molar-refractivity contribution in [1.29, 1.82) is 0 Å². The molecule has 2 aromatic rings. The number of Topliss-reactive ketones (excluding diaryl/α,β-unsaturated/α-hetero) is 2. The summed E-state index contributed by atoms with van der Waals surface area (Å²) in [5, 5.41) is 11.3. The number of ketones is 2. The summed E-state index contributed by atoms with van der Waals surface area (Å²) in [6.45, 7) is 0. The largest absolute Gasteiger partial charge is 0.506 e. The molecule has 0 aliphatic heterocycles. The zero-order valence-corrected chi connectivity index (χ0v) is 17.4. The van der Waals surface area contributed by atoms with Crippen LogP contribution >= 0.6 is 11.6 Å². The number of allylic oxidation sites excluding steroid dienone is 2. The molecule has 156 valence electrons. The molecule has 0 bridgehead atoms. The predicted molar refractivity (Wildman–Crippen MR) is 113 cm³/mol. The first-order valence-corrected chi connectivity index (χ1v) is 9.77. The van der Waals surface area contributed by atoms with Gasteiger partial charge in [-0.2, -0.15) is 0 Å². The fraction of sp³-hybridized carbons (Fsp3) is 0.261. The number of carbonyl (C=O) groups is 3. The van der Waals surface area contributed by atoms with Crippen molar-refractivity contribution in [2.45, 2.75) is 25.7 Å². The second-order valence-electron chi connectivity index (χ2n) is 6.86. The van der Waals surface area contributed by atoms with E-state index >= 15 is 0 Å². The first kappa shape index (κ1) is 21.6. The van der Waals surface area contributed by atoms with Crippen LogP contribution in [0.1, 0.15) is 52.0 Å². The van der Waals surface area contributed by atoms with E-state index in [4.69, 9.17) is 21.1 Å². The zero-order chi connectivity index (χ0) is 21.8. The lowest BCUT2D eigenvalue weighted by molar-refractivity contribution is -0.104. The molecule has 0 unspecified atom stereocenters. The molecule has 6 nitrogen and oxygen atoms in total. The number of carbonyl (C=O) groups excluding carboxylic acids is 3. The van der Waals surface area contributed by atoms with Crippen LogP contribution in [0.25, 0.3) is 5.57 Å². The maximum Gasteiger partial charge on any atom is 0.178 e. The number of ether oxygens (including phenoxy) is 2. The molecule has 0 saturated heterocycles. The maximum atomic E-state index is 13.0. The first-order chi connectivity index (χ1) is 14.4. The van der Waals surface area contributed by atoms with E-state index in [2.05, 4.69) is 0 Å². The van der Waals surface area contributed by atoms with Gasteiger partial charge in [0, 0.05) is 11.6 Å². The standard InChI is InChI=1S/C23H21ClO6/c1-29-19-11-20(30-2)22(23(28)21(19)14-8-5-6-13(14)12-25)18(27)10-17(26)15-7-3-4-9-16(15)24/h3-4,7,9,11-12,28H,5-6,8,10H2,1-2H3. The van der Waals surface area contributed by atoms with Gasteiger partial charge in [-0.05, 0) is 42.5 Å². The van der Waals surface area contributed by atoms with Gasteiger partial charge >= 0.3 is 0 Å². The van der Waals surface area contributed by atoms with Gasteiger partial charge in [0.2, 0.25) is 0 Å². The van der Waals surface area contributed by atoms with Gasteiger partial charge in [0.25, 0.3) is 0 Å². The van der Waals surface area contributed by atoms with Crippen molar-refractivity contribution in [3.8, 4) is 17.2 Å². The summed E-state index contributed by atoms with van der Waals surface area (Å²) in [7, 11) is 2.78. The third-order valence-corrected chi connectivity index (χ3v) is 5.48. The minimum absolute atomic E-state index is 0.0799. The van der Waals surface area contributed by atoms with E-state index < -0.39 is 18.0 Å². The Kier molecular flexibility index (Phi) is 6.57. The summed E-state index contributed by atoms with van der Waals surface area (Å²) >= 11 is 6.06. The number of rotatable bonds is 8. The third-order valence-electron chi connectivity index (χ3n) is 5.15. The average molecular weight is 429 g/mol. The topological polar surface area (TPSA) is 89.9 Å². The molecule has 0 fully saturated rings. The van der Waals surface area contributed by atoms with Crippen molar-refractivity contribution in [1.82, 2.24) is 0 Å². The van der Waals surface area contributed by atoms with Crippen LogP contribution in [0, 0.1) is 0 Å². The Morgan fingerprint density at radius 2 is 1.80 bits per heavy atom. The van der Waals surface area contributed by atoms with Crippen molar-refractivity contribution in [3.05, 3.63) is 57.6 Å². The minimum atomic E-state index is -0.621. The number of halogens is 1. The highest BCUT2D eigenvalue weighted by molar-refractivity contribution is 6.34. The second kappa shape index (κ2) is 9.13. The van der Waals surface area contributed by atoms with Crippen molar-refractivity contribution < 1.29 is 29.0 Å².